The quantitative estimate of drug-likeness (QED) is 0.181. The second-order valence-corrected chi connectivity index (χ2v) is 14.9. The van der Waals surface area contributed by atoms with E-state index < -0.39 is 11.4 Å². The van der Waals surface area contributed by atoms with Crippen molar-refractivity contribution in [3.8, 4) is 0 Å². The second kappa shape index (κ2) is 15.0. The monoisotopic (exact) mass is 754 g/mol. The van der Waals surface area contributed by atoms with Gasteiger partial charge in [0.1, 0.15) is 41.4 Å². The lowest BCUT2D eigenvalue weighted by Gasteiger charge is -2.13. The molecule has 0 spiro atoms. The Morgan fingerprint density at radius 3 is 2.40 bits per heavy atom. The summed E-state index contributed by atoms with van der Waals surface area (Å²) in [5.74, 6) is -0.819. The van der Waals surface area contributed by atoms with E-state index in [0.29, 0.717) is 33.7 Å². The van der Waals surface area contributed by atoms with Gasteiger partial charge < -0.3 is 14.1 Å². The van der Waals surface area contributed by atoms with Crippen molar-refractivity contribution in [3.63, 3.8) is 0 Å². The number of hydrogen-bond donors (Lipinski definition) is 1. The number of pyridine rings is 4. The van der Waals surface area contributed by atoms with Gasteiger partial charge in [-0.2, -0.15) is 0 Å². The molecule has 268 valence electrons. The molecular formula is C38H38N6O5S3. The highest BCUT2D eigenvalue weighted by molar-refractivity contribution is 7.25. The van der Waals surface area contributed by atoms with Gasteiger partial charge in [-0.05, 0) is 92.6 Å². The number of thiazole rings is 1. The first-order valence-corrected chi connectivity index (χ1v) is 18.9. The van der Waals surface area contributed by atoms with Crippen molar-refractivity contribution in [2.45, 2.75) is 80.2 Å². The summed E-state index contributed by atoms with van der Waals surface area (Å²) < 4.78 is 7.28. The number of hydrogen-bond acceptors (Lipinski definition) is 12. The van der Waals surface area contributed by atoms with E-state index in [0.717, 1.165) is 33.4 Å². The molecule has 0 amide bonds. The molecule has 0 fully saturated rings. The topological polar surface area (TPSA) is 154 Å². The summed E-state index contributed by atoms with van der Waals surface area (Å²) in [6.45, 7) is 4.10. The lowest BCUT2D eigenvalue weighted by molar-refractivity contribution is 0.0694. The summed E-state index contributed by atoms with van der Waals surface area (Å²) in [6, 6.07) is 8.25. The number of aromatic carboxylic acids is 1. The van der Waals surface area contributed by atoms with Crippen LogP contribution in [0.5, 0.6) is 0 Å². The highest BCUT2D eigenvalue weighted by atomic mass is 32.1. The molecule has 52 heavy (non-hydrogen) atoms. The average Bonchev–Trinajstić information content (AvgIpc) is 3.93. The van der Waals surface area contributed by atoms with Gasteiger partial charge >= 0.3 is 11.6 Å². The third kappa shape index (κ3) is 6.73. The maximum Gasteiger partial charge on any atom is 0.357 e. The number of carboxylic acid groups (broad SMARTS) is 1. The number of fused-ring (bicyclic) bond motifs is 8. The molecule has 10 rings (SSSR count). The van der Waals surface area contributed by atoms with Gasteiger partial charge in [-0.25, -0.2) is 34.5 Å². The largest absolute Gasteiger partial charge is 0.477 e. The molecule has 1 N–H and O–H groups in total. The molecular weight excluding hydrogens is 717 g/mol. The molecule has 0 radical (unpaired) electrons. The first kappa shape index (κ1) is 36.9. The minimum absolute atomic E-state index is 0. The van der Waals surface area contributed by atoms with E-state index in [4.69, 9.17) is 14.5 Å². The van der Waals surface area contributed by atoms with Crippen LogP contribution in [0.2, 0.25) is 0 Å². The summed E-state index contributed by atoms with van der Waals surface area (Å²) in [4.78, 5) is 60.1. The van der Waals surface area contributed by atoms with Crippen LogP contribution < -0.4 is 11.1 Å². The average molecular weight is 755 g/mol. The lowest BCUT2D eigenvalue weighted by atomic mass is 9.96. The van der Waals surface area contributed by atoms with Gasteiger partial charge in [-0.3, -0.25) is 4.79 Å². The Balaban J connectivity index is 0.000000133. The summed E-state index contributed by atoms with van der Waals surface area (Å²) >= 11 is 4.52. The predicted octanol–water partition coefficient (Wildman–Crippen LogP) is 8.77. The van der Waals surface area contributed by atoms with Crippen LogP contribution in [0, 0.1) is 6.92 Å². The van der Waals surface area contributed by atoms with E-state index in [1.54, 1.807) is 34.4 Å². The van der Waals surface area contributed by atoms with Gasteiger partial charge in [0, 0.05) is 41.8 Å². The minimum atomic E-state index is -1.23. The molecule has 14 heteroatoms. The third-order valence-corrected chi connectivity index (χ3v) is 11.6. The molecule has 8 aromatic rings. The fourth-order valence-electron chi connectivity index (χ4n) is 6.59. The zero-order valence-electron chi connectivity index (χ0n) is 27.2. The number of rotatable bonds is 2. The van der Waals surface area contributed by atoms with E-state index in [-0.39, 0.29) is 26.0 Å². The molecule has 0 saturated carbocycles. The fraction of sp³-hybridized carbons (Fsp3) is 0.316. The molecule has 2 aliphatic rings. The number of nitrogens with zero attached hydrogens (tertiary/aromatic N) is 6. The molecule has 0 atom stereocenters. The van der Waals surface area contributed by atoms with E-state index in [1.807, 2.05) is 6.92 Å². The van der Waals surface area contributed by atoms with Crippen molar-refractivity contribution < 1.29 is 14.3 Å². The lowest BCUT2D eigenvalue weighted by Crippen LogP contribution is -2.19. The van der Waals surface area contributed by atoms with Crippen LogP contribution in [-0.2, 0) is 32.2 Å². The highest BCUT2D eigenvalue weighted by Crippen LogP contribution is 2.33. The first-order valence-electron chi connectivity index (χ1n) is 16.4. The number of carboxylic acids is 1. The minimum Gasteiger partial charge on any atom is -0.477 e. The van der Waals surface area contributed by atoms with Crippen molar-refractivity contribution in [3.05, 3.63) is 96.0 Å². The molecule has 0 bridgehead atoms. The molecule has 8 aromatic heterocycles. The summed E-state index contributed by atoms with van der Waals surface area (Å²) in [5, 5.41) is 13.8. The highest BCUT2D eigenvalue weighted by Gasteiger charge is 2.19. The van der Waals surface area contributed by atoms with Gasteiger partial charge in [-0.1, -0.05) is 14.9 Å². The first-order chi connectivity index (χ1) is 24.3. The number of carbonyl (C=O) groups is 1. The Labute approximate surface area is 310 Å². The molecule has 0 unspecified atom stereocenters. The third-order valence-electron chi connectivity index (χ3n) is 9.02. The van der Waals surface area contributed by atoms with Crippen LogP contribution in [0.4, 0.5) is 0 Å². The summed E-state index contributed by atoms with van der Waals surface area (Å²) in [7, 11) is 0. The molecule has 0 aromatic carbocycles. The molecule has 0 saturated heterocycles. The van der Waals surface area contributed by atoms with Crippen molar-refractivity contribution in [1.29, 1.82) is 0 Å². The zero-order chi connectivity index (χ0) is 34.5. The normalized spacial score (nSPS) is 13.1. The van der Waals surface area contributed by atoms with Gasteiger partial charge in [-0.15, -0.1) is 34.0 Å². The Morgan fingerprint density at radius 2 is 1.62 bits per heavy atom. The summed E-state index contributed by atoms with van der Waals surface area (Å²) in [6.07, 6.45) is 9.70. The molecule has 2 aliphatic carbocycles. The molecule has 8 heterocycles. The van der Waals surface area contributed by atoms with Gasteiger partial charge in [0.05, 0.1) is 10.9 Å². The van der Waals surface area contributed by atoms with Crippen molar-refractivity contribution in [2.24, 2.45) is 0 Å². The van der Waals surface area contributed by atoms with Crippen LogP contribution in [0.25, 0.3) is 52.0 Å². The van der Waals surface area contributed by atoms with Crippen LogP contribution in [-0.4, -0.2) is 40.6 Å². The van der Waals surface area contributed by atoms with E-state index in [2.05, 4.69) is 43.5 Å². The molecule has 11 nitrogen and oxygen atoms in total. The maximum atomic E-state index is 12.1. The Morgan fingerprint density at radius 1 is 0.885 bits per heavy atom. The Hall–Kier alpha value is -4.92. The summed E-state index contributed by atoms with van der Waals surface area (Å²) in [5.41, 5.74) is 7.74. The van der Waals surface area contributed by atoms with Crippen molar-refractivity contribution in [1.82, 2.24) is 29.5 Å². The number of thiophene rings is 2. The SMILES string of the molecule is C.C.CCn1cc(C(=O)O)c(=O)c2cc3ncsc3nc21.Cc1nc2c(sc3nc4c(cc32)CCC4)c(=O)o1.c1cc2cc3c(nc2s1)CCCC3. The molecule has 0 aliphatic heterocycles. The van der Waals surface area contributed by atoms with Gasteiger partial charge in [0.2, 0.25) is 5.43 Å². The number of aryl methyl sites for hydroxylation is 6. The Bertz CT molecular complexity index is 2700. The van der Waals surface area contributed by atoms with E-state index in [9.17, 15) is 14.4 Å². The van der Waals surface area contributed by atoms with Crippen molar-refractivity contribution in [2.75, 3.05) is 0 Å². The predicted molar refractivity (Wildman–Crippen MR) is 212 cm³/mol. The van der Waals surface area contributed by atoms with Crippen LogP contribution >= 0.6 is 34.0 Å². The fourth-order valence-corrected chi connectivity index (χ4v) is 8.98. The smallest absolute Gasteiger partial charge is 0.357 e. The van der Waals surface area contributed by atoms with Crippen LogP contribution in [0.3, 0.4) is 0 Å². The number of aromatic nitrogens is 6. The van der Waals surface area contributed by atoms with Crippen LogP contribution in [0.15, 0.2) is 55.4 Å². The standard InChI is InChI=1S/C13H10N2O2S.C12H9N3O3S.C11H11NS.2CH4/c1-6-14-10-8-5-7-3-2-4-9(7)15-12(8)18-11(10)13(16)17-6;1-2-15-4-7(12(17)18)9(16)6-3-8-11(14-10(6)15)19-5-13-8;1-2-4-10-8(3-1)7-9-5-6-13-11(9)12-10;;/h5H,2-4H2,1H3;3-5H,2H2,1H3,(H,17,18);5-7H,1-4H2;2*1H4. The second-order valence-electron chi connectivity index (χ2n) is 12.2. The van der Waals surface area contributed by atoms with E-state index >= 15 is 0 Å². The van der Waals surface area contributed by atoms with Crippen molar-refractivity contribution >= 4 is 92.0 Å². The van der Waals surface area contributed by atoms with Gasteiger partial charge in [0.15, 0.2) is 5.89 Å². The Kier molecular flexibility index (Phi) is 10.6. The zero-order valence-corrected chi connectivity index (χ0v) is 29.6. The van der Waals surface area contributed by atoms with Crippen LogP contribution in [0.1, 0.15) is 79.8 Å². The van der Waals surface area contributed by atoms with E-state index in [1.165, 1.54) is 93.7 Å². The van der Waals surface area contributed by atoms with Gasteiger partial charge in [0.25, 0.3) is 0 Å². The maximum absolute atomic E-state index is 12.1.